The monoisotopic (exact) mass is 238 g/mol. The van der Waals surface area contributed by atoms with Gasteiger partial charge in [0.05, 0.1) is 12.7 Å². The second kappa shape index (κ2) is 6.02. The molecule has 0 aromatic carbocycles. The van der Waals surface area contributed by atoms with Crippen LogP contribution < -0.4 is 0 Å². The Bertz CT molecular complexity index is 305. The molecule has 0 spiro atoms. The molecule has 4 nitrogen and oxygen atoms in total. The quantitative estimate of drug-likeness (QED) is 0.710. The lowest BCUT2D eigenvalue weighted by Gasteiger charge is -2.40. The number of carbonyl (C=O) groups excluding carboxylic acids is 1. The smallest absolute Gasteiger partial charge is 0.243 e. The first kappa shape index (κ1) is 14.0. The van der Waals surface area contributed by atoms with E-state index in [1.807, 2.05) is 11.8 Å². The largest absolute Gasteiger partial charge is 0.383 e. The third-order valence-electron chi connectivity index (χ3n) is 3.75. The molecule has 4 heteroatoms. The Kier molecular flexibility index (Phi) is 4.95. The number of carbonyl (C=O) groups is 1. The predicted octanol–water partition coefficient (Wildman–Crippen LogP) is 1.95. The van der Waals surface area contributed by atoms with Gasteiger partial charge in [-0.1, -0.05) is 6.92 Å². The number of hydrogen-bond donors (Lipinski definition) is 0. The van der Waals surface area contributed by atoms with Crippen molar-refractivity contribution < 1.29 is 9.53 Å². The zero-order valence-electron chi connectivity index (χ0n) is 11.0. The molecule has 0 N–H and O–H groups in total. The van der Waals surface area contributed by atoms with Crippen LogP contribution in [0, 0.1) is 16.7 Å². The average Bonchev–Trinajstić information content (AvgIpc) is 2.28. The van der Waals surface area contributed by atoms with Crippen LogP contribution in [0.4, 0.5) is 0 Å². The fourth-order valence-corrected chi connectivity index (χ4v) is 2.11. The molecule has 1 saturated carbocycles. The number of methoxy groups -OCH3 is 1. The van der Waals surface area contributed by atoms with Crippen LogP contribution >= 0.6 is 0 Å². The number of rotatable bonds is 6. The van der Waals surface area contributed by atoms with E-state index in [-0.39, 0.29) is 11.9 Å². The number of nitriles is 1. The fourth-order valence-electron chi connectivity index (χ4n) is 2.11. The molecule has 1 aliphatic rings. The predicted molar refractivity (Wildman–Crippen MR) is 65.2 cm³/mol. The molecule has 0 radical (unpaired) electrons. The number of ether oxygens (including phenoxy) is 1. The van der Waals surface area contributed by atoms with Crippen LogP contribution in [0.2, 0.25) is 0 Å². The summed E-state index contributed by atoms with van der Waals surface area (Å²) < 4.78 is 5.04. The Morgan fingerprint density at radius 2 is 2.24 bits per heavy atom. The highest BCUT2D eigenvalue weighted by Gasteiger charge is 2.47. The average molecular weight is 238 g/mol. The second-order valence-corrected chi connectivity index (χ2v) is 4.80. The van der Waals surface area contributed by atoms with Crippen molar-refractivity contribution in [1.29, 1.82) is 5.26 Å². The van der Waals surface area contributed by atoms with Crippen molar-refractivity contribution in [1.82, 2.24) is 4.90 Å². The maximum atomic E-state index is 12.4. The number of hydrogen-bond acceptors (Lipinski definition) is 3. The first-order valence-corrected chi connectivity index (χ1v) is 6.32. The van der Waals surface area contributed by atoms with Crippen LogP contribution in [-0.4, -0.2) is 37.1 Å². The number of nitrogens with zero attached hydrogens (tertiary/aromatic N) is 2. The molecule has 1 fully saturated rings. The Balaban J connectivity index is 2.75. The highest BCUT2D eigenvalue weighted by atomic mass is 16.5. The molecule has 1 unspecified atom stereocenters. The summed E-state index contributed by atoms with van der Waals surface area (Å²) >= 11 is 0. The Hall–Kier alpha value is -1.08. The number of amides is 1. The summed E-state index contributed by atoms with van der Waals surface area (Å²) in [4.78, 5) is 14.2. The molecule has 0 aliphatic heterocycles. The minimum absolute atomic E-state index is 0.00218. The molecule has 1 amide bonds. The van der Waals surface area contributed by atoms with Crippen molar-refractivity contribution in [2.24, 2.45) is 5.41 Å². The zero-order chi connectivity index (χ0) is 12.9. The van der Waals surface area contributed by atoms with Crippen molar-refractivity contribution in [2.45, 2.75) is 45.6 Å². The molecule has 0 aromatic heterocycles. The maximum Gasteiger partial charge on any atom is 0.243 e. The van der Waals surface area contributed by atoms with Crippen LogP contribution in [0.25, 0.3) is 0 Å². The summed E-state index contributed by atoms with van der Waals surface area (Å²) in [5, 5.41) is 9.21. The van der Waals surface area contributed by atoms with E-state index in [2.05, 4.69) is 13.0 Å². The minimum atomic E-state index is -0.739. The highest BCUT2D eigenvalue weighted by molar-refractivity contribution is 5.86. The SMILES string of the molecule is CCC(C)N(CCOC)C(=O)C1(C#N)CCC1. The van der Waals surface area contributed by atoms with E-state index in [0.717, 1.165) is 12.8 Å². The maximum absolute atomic E-state index is 12.4. The first-order valence-electron chi connectivity index (χ1n) is 6.32. The van der Waals surface area contributed by atoms with Crippen LogP contribution in [0.15, 0.2) is 0 Å². The normalized spacial score (nSPS) is 18.9. The lowest BCUT2D eigenvalue weighted by Crippen LogP contribution is -2.51. The van der Waals surface area contributed by atoms with Crippen LogP contribution in [0.3, 0.4) is 0 Å². The first-order chi connectivity index (χ1) is 8.11. The van der Waals surface area contributed by atoms with E-state index in [0.29, 0.717) is 26.0 Å². The molecule has 1 atom stereocenters. The van der Waals surface area contributed by atoms with Gasteiger partial charge < -0.3 is 9.64 Å². The van der Waals surface area contributed by atoms with Gasteiger partial charge in [0.2, 0.25) is 5.91 Å². The summed E-state index contributed by atoms with van der Waals surface area (Å²) in [6.07, 6.45) is 3.30. The highest BCUT2D eigenvalue weighted by Crippen LogP contribution is 2.42. The van der Waals surface area contributed by atoms with Crippen molar-refractivity contribution in [2.75, 3.05) is 20.3 Å². The van der Waals surface area contributed by atoms with Gasteiger partial charge in [0.1, 0.15) is 5.41 Å². The van der Waals surface area contributed by atoms with E-state index < -0.39 is 5.41 Å². The molecule has 0 heterocycles. The molecule has 0 bridgehead atoms. The third-order valence-corrected chi connectivity index (χ3v) is 3.75. The van der Waals surface area contributed by atoms with E-state index in [1.165, 1.54) is 0 Å². The molecule has 17 heavy (non-hydrogen) atoms. The van der Waals surface area contributed by atoms with E-state index >= 15 is 0 Å². The van der Waals surface area contributed by atoms with E-state index in [1.54, 1.807) is 7.11 Å². The molecule has 0 saturated heterocycles. The fraction of sp³-hybridized carbons (Fsp3) is 0.846. The third kappa shape index (κ3) is 2.78. The van der Waals surface area contributed by atoms with Crippen molar-refractivity contribution >= 4 is 5.91 Å². The summed E-state index contributed by atoms with van der Waals surface area (Å²) in [5.41, 5.74) is -0.739. The summed E-state index contributed by atoms with van der Waals surface area (Å²) in [6.45, 7) is 5.18. The Labute approximate surface area is 104 Å². The summed E-state index contributed by atoms with van der Waals surface area (Å²) in [7, 11) is 1.63. The van der Waals surface area contributed by atoms with Gasteiger partial charge in [-0.05, 0) is 32.6 Å². The van der Waals surface area contributed by atoms with Crippen molar-refractivity contribution in [3.05, 3.63) is 0 Å². The zero-order valence-corrected chi connectivity index (χ0v) is 11.0. The van der Waals surface area contributed by atoms with E-state index in [9.17, 15) is 10.1 Å². The van der Waals surface area contributed by atoms with E-state index in [4.69, 9.17) is 4.74 Å². The molecule has 96 valence electrons. The van der Waals surface area contributed by atoms with Gasteiger partial charge in [0.25, 0.3) is 0 Å². The van der Waals surface area contributed by atoms with Crippen LogP contribution in [0.5, 0.6) is 0 Å². The standard InChI is InChI=1S/C13H22N2O2/c1-4-11(2)15(8-9-17-3)12(16)13(10-14)6-5-7-13/h11H,4-9H2,1-3H3. The Morgan fingerprint density at radius 1 is 1.59 bits per heavy atom. The Morgan fingerprint density at radius 3 is 2.59 bits per heavy atom. The lowest BCUT2D eigenvalue weighted by molar-refractivity contribution is -0.146. The minimum Gasteiger partial charge on any atom is -0.383 e. The summed E-state index contributed by atoms with van der Waals surface area (Å²) in [5.74, 6) is -0.00218. The molecular weight excluding hydrogens is 216 g/mol. The molecule has 1 rings (SSSR count). The molecular formula is C13H22N2O2. The van der Waals surface area contributed by atoms with Gasteiger partial charge in [-0.15, -0.1) is 0 Å². The second-order valence-electron chi connectivity index (χ2n) is 4.80. The van der Waals surface area contributed by atoms with Crippen molar-refractivity contribution in [3.8, 4) is 6.07 Å². The van der Waals surface area contributed by atoms with Gasteiger partial charge in [0.15, 0.2) is 0 Å². The van der Waals surface area contributed by atoms with Gasteiger partial charge in [-0.25, -0.2) is 0 Å². The summed E-state index contributed by atoms with van der Waals surface area (Å²) in [6, 6.07) is 2.39. The van der Waals surface area contributed by atoms with Gasteiger partial charge in [-0.2, -0.15) is 5.26 Å². The van der Waals surface area contributed by atoms with Gasteiger partial charge in [-0.3, -0.25) is 4.79 Å². The molecule has 0 aromatic rings. The lowest BCUT2D eigenvalue weighted by atomic mass is 9.69. The topological polar surface area (TPSA) is 53.3 Å². The van der Waals surface area contributed by atoms with Crippen molar-refractivity contribution in [3.63, 3.8) is 0 Å². The van der Waals surface area contributed by atoms with Gasteiger partial charge in [0, 0.05) is 19.7 Å². The molecule has 1 aliphatic carbocycles. The van der Waals surface area contributed by atoms with Crippen LogP contribution in [0.1, 0.15) is 39.5 Å². The van der Waals surface area contributed by atoms with Gasteiger partial charge >= 0.3 is 0 Å². The van der Waals surface area contributed by atoms with Crippen LogP contribution in [-0.2, 0) is 9.53 Å².